The molecule has 0 saturated carbocycles. The summed E-state index contributed by atoms with van der Waals surface area (Å²) < 4.78 is 18.6. The summed E-state index contributed by atoms with van der Waals surface area (Å²) in [6.45, 7) is 0.385. The molecule has 0 spiro atoms. The summed E-state index contributed by atoms with van der Waals surface area (Å²) >= 11 is 17.8. The van der Waals surface area contributed by atoms with Crippen LogP contribution < -0.4 is 9.47 Å². The number of aliphatic imine (C=N–C) groups is 1. The highest BCUT2D eigenvalue weighted by Crippen LogP contribution is 2.38. The van der Waals surface area contributed by atoms with Gasteiger partial charge in [0.05, 0.1) is 21.6 Å². The lowest BCUT2D eigenvalue weighted by molar-refractivity contribution is -0.129. The molecule has 0 radical (unpaired) electrons. The monoisotopic (exact) mass is 657 g/mol. The van der Waals surface area contributed by atoms with Gasteiger partial charge in [0, 0.05) is 9.13 Å². The molecule has 1 aliphatic rings. The second-order valence-corrected chi connectivity index (χ2v) is 9.83. The molecule has 0 amide bonds. The van der Waals surface area contributed by atoms with E-state index >= 15 is 0 Å². The summed E-state index contributed by atoms with van der Waals surface area (Å²) in [5, 5.41) is 0.752. The molecule has 3 aromatic carbocycles. The van der Waals surface area contributed by atoms with Crippen molar-refractivity contribution in [3.05, 3.63) is 95.1 Å². The first-order chi connectivity index (χ1) is 15.8. The zero-order valence-electron chi connectivity index (χ0n) is 17.1. The number of methoxy groups -OCH3 is 1. The molecule has 1 aliphatic heterocycles. The Hall–Kier alpha value is -2.07. The molecular formula is C24H15BrCl2INO4. The number of carbonyl (C=O) groups is 1. The van der Waals surface area contributed by atoms with Crippen molar-refractivity contribution in [2.24, 2.45) is 4.99 Å². The second kappa shape index (κ2) is 10.5. The first-order valence-corrected chi connectivity index (χ1v) is 12.2. The van der Waals surface area contributed by atoms with E-state index in [1.165, 1.54) is 0 Å². The maximum Gasteiger partial charge on any atom is 0.363 e. The van der Waals surface area contributed by atoms with Crippen LogP contribution in [0.2, 0.25) is 10.0 Å². The van der Waals surface area contributed by atoms with Crippen LogP contribution in [0.5, 0.6) is 11.5 Å². The number of halogens is 4. The van der Waals surface area contributed by atoms with Crippen LogP contribution in [-0.4, -0.2) is 19.0 Å². The van der Waals surface area contributed by atoms with Crippen molar-refractivity contribution in [1.82, 2.24) is 0 Å². The minimum Gasteiger partial charge on any atom is -0.493 e. The molecule has 0 fully saturated rings. The molecule has 0 bridgehead atoms. The molecule has 1 heterocycles. The maximum atomic E-state index is 12.4. The molecule has 0 aliphatic carbocycles. The van der Waals surface area contributed by atoms with Crippen molar-refractivity contribution in [3.63, 3.8) is 0 Å². The molecular weight excluding hydrogens is 644 g/mol. The number of esters is 1. The van der Waals surface area contributed by atoms with Gasteiger partial charge in [0.15, 0.2) is 17.2 Å². The van der Waals surface area contributed by atoms with E-state index in [-0.39, 0.29) is 11.6 Å². The zero-order valence-corrected chi connectivity index (χ0v) is 22.3. The number of hydrogen-bond acceptors (Lipinski definition) is 5. The summed E-state index contributed by atoms with van der Waals surface area (Å²) in [6, 6.07) is 16.5. The van der Waals surface area contributed by atoms with E-state index in [9.17, 15) is 4.79 Å². The Kier molecular flexibility index (Phi) is 7.63. The molecule has 9 heteroatoms. The normalized spacial score (nSPS) is 14.3. The molecule has 5 nitrogen and oxygen atoms in total. The number of carbonyl (C=O) groups excluding carboxylic acids is 1. The molecule has 0 atom stereocenters. The van der Waals surface area contributed by atoms with Crippen LogP contribution in [0.25, 0.3) is 6.08 Å². The molecule has 168 valence electrons. The fourth-order valence-corrected chi connectivity index (χ4v) is 4.25. The number of hydrogen-bond donors (Lipinski definition) is 0. The Morgan fingerprint density at radius 1 is 1.09 bits per heavy atom. The summed E-state index contributed by atoms with van der Waals surface area (Å²) in [5.74, 6) is 0.674. The van der Waals surface area contributed by atoms with Gasteiger partial charge >= 0.3 is 5.97 Å². The minimum atomic E-state index is -0.565. The number of ether oxygens (including phenoxy) is 3. The van der Waals surface area contributed by atoms with E-state index < -0.39 is 5.97 Å². The van der Waals surface area contributed by atoms with E-state index in [1.807, 2.05) is 30.3 Å². The third-order valence-electron chi connectivity index (χ3n) is 4.64. The third kappa shape index (κ3) is 5.71. The first-order valence-electron chi connectivity index (χ1n) is 9.57. The van der Waals surface area contributed by atoms with Crippen molar-refractivity contribution in [3.8, 4) is 11.5 Å². The van der Waals surface area contributed by atoms with Gasteiger partial charge in [-0.25, -0.2) is 9.79 Å². The maximum absolute atomic E-state index is 12.4. The van der Waals surface area contributed by atoms with Gasteiger partial charge in [-0.2, -0.15) is 0 Å². The number of rotatable bonds is 6. The van der Waals surface area contributed by atoms with Gasteiger partial charge in [-0.05, 0) is 98.2 Å². The van der Waals surface area contributed by atoms with Crippen molar-refractivity contribution in [2.75, 3.05) is 7.11 Å². The van der Waals surface area contributed by atoms with E-state index in [0.717, 1.165) is 9.13 Å². The average molecular weight is 659 g/mol. The molecule has 0 aromatic heterocycles. The highest BCUT2D eigenvalue weighted by Gasteiger charge is 2.25. The fourth-order valence-electron chi connectivity index (χ4n) is 3.02. The average Bonchev–Trinajstić information content (AvgIpc) is 3.15. The minimum absolute atomic E-state index is 0.151. The van der Waals surface area contributed by atoms with Crippen LogP contribution in [-0.2, 0) is 16.1 Å². The lowest BCUT2D eigenvalue weighted by atomic mass is 10.1. The number of cyclic esters (lactones) is 1. The van der Waals surface area contributed by atoms with Gasteiger partial charge in [0.2, 0.25) is 5.90 Å². The van der Waals surface area contributed by atoms with Gasteiger partial charge < -0.3 is 14.2 Å². The lowest BCUT2D eigenvalue weighted by Crippen LogP contribution is -2.05. The Balaban J connectivity index is 1.59. The highest BCUT2D eigenvalue weighted by molar-refractivity contribution is 14.1. The Labute approximate surface area is 222 Å². The third-order valence-corrected chi connectivity index (χ3v) is 6.69. The fraction of sp³-hybridized carbons (Fsp3) is 0.0833. The molecule has 0 saturated heterocycles. The van der Waals surface area contributed by atoms with Crippen LogP contribution >= 0.6 is 61.7 Å². The topological polar surface area (TPSA) is 57.1 Å². The number of nitrogens with zero attached hydrogens (tertiary/aromatic N) is 1. The van der Waals surface area contributed by atoms with Crippen LogP contribution in [0.1, 0.15) is 16.7 Å². The van der Waals surface area contributed by atoms with Gasteiger partial charge in [-0.3, -0.25) is 0 Å². The molecule has 0 unspecified atom stereocenters. The molecule has 33 heavy (non-hydrogen) atoms. The van der Waals surface area contributed by atoms with E-state index in [4.69, 9.17) is 37.4 Å². The van der Waals surface area contributed by atoms with Gasteiger partial charge in [-0.1, -0.05) is 35.3 Å². The van der Waals surface area contributed by atoms with Gasteiger partial charge in [0.25, 0.3) is 0 Å². The van der Waals surface area contributed by atoms with E-state index in [1.54, 1.807) is 37.5 Å². The smallest absolute Gasteiger partial charge is 0.363 e. The van der Waals surface area contributed by atoms with E-state index in [0.29, 0.717) is 43.8 Å². The largest absolute Gasteiger partial charge is 0.493 e. The summed E-state index contributed by atoms with van der Waals surface area (Å²) in [4.78, 5) is 16.7. The first kappa shape index (κ1) is 24.1. The summed E-state index contributed by atoms with van der Waals surface area (Å²) in [5.41, 5.74) is 2.43. The summed E-state index contributed by atoms with van der Waals surface area (Å²) in [6.07, 6.45) is 1.61. The number of benzene rings is 3. The lowest BCUT2D eigenvalue weighted by Gasteiger charge is -2.14. The second-order valence-electron chi connectivity index (χ2n) is 6.91. The summed E-state index contributed by atoms with van der Waals surface area (Å²) in [7, 11) is 1.56. The van der Waals surface area contributed by atoms with Crippen molar-refractivity contribution >= 4 is 79.7 Å². The zero-order chi connectivity index (χ0) is 23.5. The van der Waals surface area contributed by atoms with E-state index in [2.05, 4.69) is 43.5 Å². The van der Waals surface area contributed by atoms with Crippen molar-refractivity contribution < 1.29 is 19.0 Å². The molecule has 4 rings (SSSR count). The Morgan fingerprint density at radius 2 is 1.85 bits per heavy atom. The van der Waals surface area contributed by atoms with Crippen molar-refractivity contribution in [1.29, 1.82) is 0 Å². The van der Waals surface area contributed by atoms with Gasteiger partial charge in [-0.15, -0.1) is 0 Å². The highest BCUT2D eigenvalue weighted by atomic mass is 127. The van der Waals surface area contributed by atoms with Crippen molar-refractivity contribution in [2.45, 2.75) is 6.61 Å². The molecule has 0 N–H and O–H groups in total. The quantitative estimate of drug-likeness (QED) is 0.159. The molecule has 3 aromatic rings. The van der Waals surface area contributed by atoms with Gasteiger partial charge in [0.1, 0.15) is 6.61 Å². The predicted molar refractivity (Wildman–Crippen MR) is 141 cm³/mol. The standard InChI is InChI=1S/C24H15BrCl2INO4/c1-31-21-10-14(8-17(25)22(21)32-12-13-2-5-16(28)6-3-13)9-20-24(30)33-23(29-20)15-4-7-18(26)19(27)11-15/h2-11H,12H2,1H3/b20-9-. The van der Waals surface area contributed by atoms with Crippen LogP contribution in [0.3, 0.4) is 0 Å². The van der Waals surface area contributed by atoms with Crippen LogP contribution in [0.15, 0.2) is 69.8 Å². The Bertz CT molecular complexity index is 1290. The van der Waals surface area contributed by atoms with Crippen LogP contribution in [0, 0.1) is 3.57 Å². The van der Waals surface area contributed by atoms with Crippen LogP contribution in [0.4, 0.5) is 0 Å². The Morgan fingerprint density at radius 3 is 2.55 bits per heavy atom. The predicted octanol–water partition coefficient (Wildman–Crippen LogP) is 7.29. The SMILES string of the molecule is COc1cc(/C=C2\N=C(c3ccc(Cl)c(Cl)c3)OC2=O)cc(Br)c1OCc1ccc(I)cc1.